The molecule has 0 aliphatic carbocycles. The van der Waals surface area contributed by atoms with E-state index in [1.807, 2.05) is 6.07 Å². The van der Waals surface area contributed by atoms with Crippen LogP contribution in [0.3, 0.4) is 0 Å². The molecule has 0 amide bonds. The first-order valence-electron chi connectivity index (χ1n) is 7.21. The number of fused-ring (bicyclic) bond motifs is 1. The van der Waals surface area contributed by atoms with Crippen molar-refractivity contribution in [2.24, 2.45) is 0 Å². The second kappa shape index (κ2) is 6.48. The van der Waals surface area contributed by atoms with Crippen LogP contribution >= 0.6 is 0 Å². The molecule has 0 aliphatic rings. The molecule has 0 bridgehead atoms. The van der Waals surface area contributed by atoms with E-state index in [-0.39, 0.29) is 33.6 Å². The van der Waals surface area contributed by atoms with Crippen molar-refractivity contribution < 1.29 is 22.3 Å². The van der Waals surface area contributed by atoms with Gasteiger partial charge in [0.25, 0.3) is 0 Å². The van der Waals surface area contributed by atoms with Gasteiger partial charge in [-0.05, 0) is 18.2 Å². The minimum atomic E-state index is -3.56. The zero-order valence-electron chi connectivity index (χ0n) is 13.5. The van der Waals surface area contributed by atoms with Crippen LogP contribution in [0.1, 0.15) is 0 Å². The third kappa shape index (κ3) is 3.74. The lowest BCUT2D eigenvalue weighted by Gasteiger charge is -2.13. The van der Waals surface area contributed by atoms with E-state index in [1.54, 1.807) is 24.3 Å². The van der Waals surface area contributed by atoms with Gasteiger partial charge in [0.1, 0.15) is 17.6 Å². The van der Waals surface area contributed by atoms with Gasteiger partial charge in [-0.1, -0.05) is 18.2 Å². The predicted molar refractivity (Wildman–Crippen MR) is 94.0 cm³/mol. The molecule has 130 valence electrons. The standard InChI is InChI=1S/C17H15NO6S/c1-22-16-10-23-14-9-13(18-25(2,20)21)15(8-12(14)17(16)19)24-11-6-4-3-5-7-11/h3-10,18H,1-2H3. The number of methoxy groups -OCH3 is 1. The molecule has 1 heterocycles. The number of hydrogen-bond acceptors (Lipinski definition) is 6. The molecule has 7 nitrogen and oxygen atoms in total. The molecule has 3 aromatic rings. The first kappa shape index (κ1) is 16.8. The third-order valence-electron chi connectivity index (χ3n) is 3.33. The number of hydrogen-bond donors (Lipinski definition) is 1. The number of rotatable bonds is 5. The number of ether oxygens (including phenoxy) is 2. The van der Waals surface area contributed by atoms with Gasteiger partial charge in [-0.15, -0.1) is 0 Å². The topological polar surface area (TPSA) is 94.8 Å². The fourth-order valence-corrected chi connectivity index (χ4v) is 2.82. The van der Waals surface area contributed by atoms with Gasteiger partial charge in [0.05, 0.1) is 24.4 Å². The van der Waals surface area contributed by atoms with Gasteiger partial charge in [-0.2, -0.15) is 0 Å². The average Bonchev–Trinajstić information content (AvgIpc) is 2.56. The molecule has 1 N–H and O–H groups in total. The fraction of sp³-hybridized carbons (Fsp3) is 0.118. The van der Waals surface area contributed by atoms with Crippen LogP contribution < -0.4 is 19.6 Å². The van der Waals surface area contributed by atoms with Gasteiger partial charge in [0.15, 0.2) is 5.75 Å². The molecule has 0 fully saturated rings. The summed E-state index contributed by atoms with van der Waals surface area (Å²) in [7, 11) is -2.20. The Bertz CT molecular complexity index is 1070. The number of anilines is 1. The zero-order chi connectivity index (χ0) is 18.0. The lowest BCUT2D eigenvalue weighted by atomic mass is 10.2. The van der Waals surface area contributed by atoms with Crippen molar-refractivity contribution in [2.45, 2.75) is 0 Å². The SMILES string of the molecule is COc1coc2cc(NS(C)(=O)=O)c(Oc3ccccc3)cc2c1=O. The maximum atomic E-state index is 12.4. The quantitative estimate of drug-likeness (QED) is 0.751. The van der Waals surface area contributed by atoms with E-state index < -0.39 is 10.0 Å². The average molecular weight is 361 g/mol. The van der Waals surface area contributed by atoms with E-state index in [4.69, 9.17) is 13.9 Å². The zero-order valence-corrected chi connectivity index (χ0v) is 14.3. The maximum absolute atomic E-state index is 12.4. The third-order valence-corrected chi connectivity index (χ3v) is 3.92. The highest BCUT2D eigenvalue weighted by molar-refractivity contribution is 7.92. The molecule has 1 aromatic heterocycles. The van der Waals surface area contributed by atoms with E-state index in [1.165, 1.54) is 25.5 Å². The van der Waals surface area contributed by atoms with Crippen molar-refractivity contribution in [2.75, 3.05) is 18.1 Å². The Morgan fingerprint density at radius 3 is 2.44 bits per heavy atom. The lowest BCUT2D eigenvalue weighted by Crippen LogP contribution is -2.11. The van der Waals surface area contributed by atoms with Crippen molar-refractivity contribution in [3.63, 3.8) is 0 Å². The van der Waals surface area contributed by atoms with Crippen LogP contribution in [0, 0.1) is 0 Å². The maximum Gasteiger partial charge on any atom is 0.234 e. The van der Waals surface area contributed by atoms with Crippen LogP contribution in [-0.2, 0) is 10.0 Å². The molecule has 0 radical (unpaired) electrons. The molecular formula is C17H15NO6S. The Balaban J connectivity index is 2.20. The Morgan fingerprint density at radius 2 is 1.80 bits per heavy atom. The molecule has 0 saturated carbocycles. The van der Waals surface area contributed by atoms with Crippen LogP contribution in [-0.4, -0.2) is 21.8 Å². The summed E-state index contributed by atoms with van der Waals surface area (Å²) in [5.41, 5.74) is -0.0166. The van der Waals surface area contributed by atoms with Crippen LogP contribution in [0.25, 0.3) is 11.0 Å². The highest BCUT2D eigenvalue weighted by Crippen LogP contribution is 2.34. The summed E-state index contributed by atoms with van der Waals surface area (Å²) in [6, 6.07) is 11.6. The normalized spacial score (nSPS) is 11.3. The van der Waals surface area contributed by atoms with E-state index in [2.05, 4.69) is 4.72 Å². The Hall–Kier alpha value is -3.00. The number of sulfonamides is 1. The van der Waals surface area contributed by atoms with Gasteiger partial charge >= 0.3 is 0 Å². The second-order valence-corrected chi connectivity index (χ2v) is 7.02. The van der Waals surface area contributed by atoms with E-state index >= 15 is 0 Å². The fourth-order valence-electron chi connectivity index (χ4n) is 2.26. The summed E-state index contributed by atoms with van der Waals surface area (Å²) in [6.07, 6.45) is 2.19. The van der Waals surface area contributed by atoms with Crippen LogP contribution in [0.4, 0.5) is 5.69 Å². The minimum Gasteiger partial charge on any atom is -0.490 e. The number of benzene rings is 2. The first-order valence-corrected chi connectivity index (χ1v) is 9.11. The summed E-state index contributed by atoms with van der Waals surface area (Å²) < 4.78 is 41.7. The van der Waals surface area contributed by atoms with Crippen molar-refractivity contribution in [1.82, 2.24) is 0 Å². The Labute approximate surface area is 143 Å². The highest BCUT2D eigenvalue weighted by Gasteiger charge is 2.16. The van der Waals surface area contributed by atoms with E-state index in [9.17, 15) is 13.2 Å². The molecule has 8 heteroatoms. The molecule has 0 aliphatic heterocycles. The van der Waals surface area contributed by atoms with Crippen molar-refractivity contribution in [3.8, 4) is 17.2 Å². The second-order valence-electron chi connectivity index (χ2n) is 5.27. The predicted octanol–water partition coefficient (Wildman–Crippen LogP) is 2.97. The largest absolute Gasteiger partial charge is 0.490 e. The van der Waals surface area contributed by atoms with E-state index in [0.29, 0.717) is 5.75 Å². The Morgan fingerprint density at radius 1 is 1.08 bits per heavy atom. The summed E-state index contributed by atoms with van der Waals surface area (Å²) in [5.74, 6) is 0.706. The molecule has 0 saturated heterocycles. The molecule has 25 heavy (non-hydrogen) atoms. The number of para-hydroxylation sites is 1. The van der Waals surface area contributed by atoms with Crippen molar-refractivity contribution in [3.05, 3.63) is 59.0 Å². The van der Waals surface area contributed by atoms with Crippen LogP contribution in [0.15, 0.2) is 57.9 Å². The van der Waals surface area contributed by atoms with Crippen molar-refractivity contribution >= 4 is 26.7 Å². The van der Waals surface area contributed by atoms with Crippen LogP contribution in [0.5, 0.6) is 17.2 Å². The molecule has 3 rings (SSSR count). The molecular weight excluding hydrogens is 346 g/mol. The summed E-state index contributed by atoms with van der Waals surface area (Å²) in [6.45, 7) is 0. The first-order chi connectivity index (χ1) is 11.9. The van der Waals surface area contributed by atoms with Gasteiger partial charge < -0.3 is 13.9 Å². The molecule has 0 unspecified atom stereocenters. The van der Waals surface area contributed by atoms with E-state index in [0.717, 1.165) is 6.26 Å². The van der Waals surface area contributed by atoms with Gasteiger partial charge in [-0.3, -0.25) is 9.52 Å². The Kier molecular flexibility index (Phi) is 4.37. The highest BCUT2D eigenvalue weighted by atomic mass is 32.2. The minimum absolute atomic E-state index is 0.0435. The summed E-state index contributed by atoms with van der Waals surface area (Å²) >= 11 is 0. The summed E-state index contributed by atoms with van der Waals surface area (Å²) in [5, 5.41) is 0.212. The lowest BCUT2D eigenvalue weighted by molar-refractivity contribution is 0.394. The summed E-state index contributed by atoms with van der Waals surface area (Å²) in [4.78, 5) is 12.4. The monoisotopic (exact) mass is 361 g/mol. The smallest absolute Gasteiger partial charge is 0.234 e. The van der Waals surface area contributed by atoms with Gasteiger partial charge in [-0.25, -0.2) is 8.42 Å². The van der Waals surface area contributed by atoms with Crippen LogP contribution in [0.2, 0.25) is 0 Å². The number of nitrogens with one attached hydrogen (secondary N) is 1. The molecule has 0 atom stereocenters. The van der Waals surface area contributed by atoms with Crippen molar-refractivity contribution in [1.29, 1.82) is 0 Å². The molecule has 2 aromatic carbocycles. The van der Waals surface area contributed by atoms with Gasteiger partial charge in [0.2, 0.25) is 21.2 Å². The van der Waals surface area contributed by atoms with Gasteiger partial charge in [0, 0.05) is 6.07 Å². The molecule has 0 spiro atoms.